The van der Waals surface area contributed by atoms with Gasteiger partial charge >= 0.3 is 17.9 Å². The molecule has 3 aliphatic rings. The van der Waals surface area contributed by atoms with Crippen molar-refractivity contribution in [2.45, 2.75) is 69.5 Å². The summed E-state index contributed by atoms with van der Waals surface area (Å²) in [6, 6.07) is 5.75. The maximum atomic E-state index is 14.6. The Kier molecular flexibility index (Phi) is 8.95. The molecule has 254 valence electrons. The number of alkyl halides is 4. The van der Waals surface area contributed by atoms with Gasteiger partial charge in [0.2, 0.25) is 0 Å². The van der Waals surface area contributed by atoms with Crippen molar-refractivity contribution < 1.29 is 36.2 Å². The first-order valence-corrected chi connectivity index (χ1v) is 15.6. The van der Waals surface area contributed by atoms with Crippen LogP contribution in [0.15, 0.2) is 33.5 Å². The molecular formula is C34H34F5N5O4. The molecule has 2 aliphatic heterocycles. The van der Waals surface area contributed by atoms with Gasteiger partial charge in [-0.05, 0) is 75.6 Å². The molecule has 2 unspecified atom stereocenters. The van der Waals surface area contributed by atoms with E-state index in [2.05, 4.69) is 26.1 Å². The Balaban J connectivity index is 0.000000381. The second-order valence-corrected chi connectivity index (χ2v) is 12.5. The summed E-state index contributed by atoms with van der Waals surface area (Å²) in [7, 11) is 1.30. The summed E-state index contributed by atoms with van der Waals surface area (Å²) in [6.07, 6.45) is 4.96. The molecular weight excluding hydrogens is 637 g/mol. The number of phenolic OH excluding ortho intramolecular Hbond substituents is 1. The minimum absolute atomic E-state index is 0.0311. The van der Waals surface area contributed by atoms with Gasteiger partial charge in [0.05, 0.1) is 18.2 Å². The molecule has 3 fully saturated rings. The molecule has 4 aromatic rings. The molecule has 0 radical (unpaired) electrons. The zero-order chi connectivity index (χ0) is 34.4. The number of halogens is 5. The highest BCUT2D eigenvalue weighted by Gasteiger charge is 2.45. The molecule has 0 amide bonds. The lowest BCUT2D eigenvalue weighted by molar-refractivity contribution is -0.182. The predicted molar refractivity (Wildman–Crippen MR) is 170 cm³/mol. The number of fused-ring (bicyclic) bond motifs is 3. The molecule has 1 saturated carbocycles. The van der Waals surface area contributed by atoms with Crippen molar-refractivity contribution in [3.05, 3.63) is 51.6 Å². The van der Waals surface area contributed by atoms with Crippen molar-refractivity contribution >= 4 is 27.5 Å². The number of nitrogens with one attached hydrogen (secondary N) is 2. The van der Waals surface area contributed by atoms with E-state index < -0.39 is 29.5 Å². The van der Waals surface area contributed by atoms with Gasteiger partial charge < -0.3 is 19.6 Å². The molecule has 2 aromatic heterocycles. The van der Waals surface area contributed by atoms with E-state index in [0.717, 1.165) is 13.0 Å². The number of ether oxygens (including phenoxy) is 1. The van der Waals surface area contributed by atoms with Crippen LogP contribution < -0.4 is 21.0 Å². The highest BCUT2D eigenvalue weighted by Crippen LogP contribution is 2.40. The number of rotatable bonds is 6. The van der Waals surface area contributed by atoms with Gasteiger partial charge in [0, 0.05) is 41.2 Å². The van der Waals surface area contributed by atoms with Gasteiger partial charge in [0.25, 0.3) is 0 Å². The lowest BCUT2D eigenvalue weighted by atomic mass is 9.76. The van der Waals surface area contributed by atoms with Gasteiger partial charge in [-0.15, -0.1) is 6.42 Å². The third-order valence-electron chi connectivity index (χ3n) is 9.38. The van der Waals surface area contributed by atoms with Crippen LogP contribution in [0.25, 0.3) is 33.0 Å². The summed E-state index contributed by atoms with van der Waals surface area (Å²) >= 11 is 0. The molecule has 2 saturated heterocycles. The molecule has 14 heteroatoms. The standard InChI is InChI=1S/C27H22F4N4O4.C7H12FN/c1-4-16-18(28)7-6-14-10-15(36)11-17(19(14)16)22-13(2)21-20(24(37)39-22)23(34-25(33-21)38-3)32-12-26(8-5-9-26)35-27(29,30)31;8-6-4-7-2-1-3-9(7)5-6/h1,6-7,10-11,35-36H,5,8-9,12H2,2-3H3,(H,32,33,34);6-7H,1-5H2. The number of hydrogen-bond donors (Lipinski definition) is 3. The Morgan fingerprint density at radius 2 is 1.98 bits per heavy atom. The minimum Gasteiger partial charge on any atom is -0.508 e. The first-order chi connectivity index (χ1) is 22.8. The SMILES string of the molecule is C#Cc1c(F)ccc2cc(O)cc(-c3oc(=O)c4c(NCC5(NC(F)(F)F)CCC5)nc(OC)nc4c3C)c12.FC1CC2CCCN2C1. The molecule has 0 spiro atoms. The van der Waals surface area contributed by atoms with E-state index in [-0.39, 0.29) is 70.1 Å². The number of aromatic nitrogens is 2. The van der Waals surface area contributed by atoms with Crippen molar-refractivity contribution in [3.63, 3.8) is 0 Å². The monoisotopic (exact) mass is 671 g/mol. The van der Waals surface area contributed by atoms with Crippen LogP contribution >= 0.6 is 0 Å². The van der Waals surface area contributed by atoms with Gasteiger partial charge in [0.15, 0.2) is 0 Å². The summed E-state index contributed by atoms with van der Waals surface area (Å²) in [5.74, 6) is 1.36. The number of aryl methyl sites for hydroxylation is 1. The van der Waals surface area contributed by atoms with Crippen LogP contribution in [0.2, 0.25) is 0 Å². The van der Waals surface area contributed by atoms with E-state index in [0.29, 0.717) is 30.0 Å². The number of benzene rings is 2. The van der Waals surface area contributed by atoms with Crippen LogP contribution in [0, 0.1) is 25.1 Å². The Labute approximate surface area is 272 Å². The van der Waals surface area contributed by atoms with Crippen LogP contribution in [0.1, 0.15) is 49.7 Å². The lowest BCUT2D eigenvalue weighted by Gasteiger charge is -2.43. The average molecular weight is 672 g/mol. The van der Waals surface area contributed by atoms with Crippen molar-refractivity contribution in [2.24, 2.45) is 0 Å². The number of terminal acetylenes is 1. The summed E-state index contributed by atoms with van der Waals surface area (Å²) < 4.78 is 77.4. The van der Waals surface area contributed by atoms with Gasteiger partial charge in [0.1, 0.15) is 34.7 Å². The number of methoxy groups -OCH3 is 1. The van der Waals surface area contributed by atoms with Crippen molar-refractivity contribution in [2.75, 3.05) is 32.1 Å². The maximum Gasteiger partial charge on any atom is 0.457 e. The number of aromatic hydroxyl groups is 1. The molecule has 3 N–H and O–H groups in total. The number of phenols is 1. The molecule has 4 heterocycles. The van der Waals surface area contributed by atoms with Crippen molar-refractivity contribution in [1.29, 1.82) is 0 Å². The molecule has 9 nitrogen and oxygen atoms in total. The molecule has 0 bridgehead atoms. The fraction of sp³-hybridized carbons (Fsp3) is 0.441. The fourth-order valence-electron chi connectivity index (χ4n) is 6.98. The van der Waals surface area contributed by atoms with Gasteiger partial charge in [-0.1, -0.05) is 12.0 Å². The molecule has 2 aromatic carbocycles. The van der Waals surface area contributed by atoms with Crippen molar-refractivity contribution in [1.82, 2.24) is 20.2 Å². The van der Waals surface area contributed by atoms with Crippen LogP contribution in [-0.4, -0.2) is 70.8 Å². The summed E-state index contributed by atoms with van der Waals surface area (Å²) in [4.78, 5) is 24.1. The second kappa shape index (κ2) is 12.9. The first kappa shape index (κ1) is 33.4. The van der Waals surface area contributed by atoms with E-state index in [4.69, 9.17) is 15.6 Å². The van der Waals surface area contributed by atoms with Gasteiger partial charge in [-0.3, -0.25) is 4.90 Å². The highest BCUT2D eigenvalue weighted by atomic mass is 19.4. The summed E-state index contributed by atoms with van der Waals surface area (Å²) in [5, 5.41) is 15.4. The highest BCUT2D eigenvalue weighted by molar-refractivity contribution is 6.03. The average Bonchev–Trinajstić information content (AvgIpc) is 3.60. The second-order valence-electron chi connectivity index (χ2n) is 12.5. The quantitative estimate of drug-likeness (QED) is 0.126. The Morgan fingerprint density at radius 3 is 2.62 bits per heavy atom. The first-order valence-electron chi connectivity index (χ1n) is 15.6. The van der Waals surface area contributed by atoms with Crippen LogP contribution in [-0.2, 0) is 0 Å². The van der Waals surface area contributed by atoms with Crippen molar-refractivity contribution in [3.8, 4) is 35.4 Å². The van der Waals surface area contributed by atoms with E-state index in [1.54, 1.807) is 12.2 Å². The van der Waals surface area contributed by atoms with Crippen LogP contribution in [0.3, 0.4) is 0 Å². The third-order valence-corrected chi connectivity index (χ3v) is 9.38. The Bertz CT molecular complexity index is 1960. The normalized spacial score (nSPS) is 20.1. The topological polar surface area (TPSA) is 113 Å². The smallest absolute Gasteiger partial charge is 0.457 e. The third kappa shape index (κ3) is 6.49. The summed E-state index contributed by atoms with van der Waals surface area (Å²) in [5.41, 5.74) is -1.69. The van der Waals surface area contributed by atoms with Crippen LogP contribution in [0.5, 0.6) is 11.8 Å². The Morgan fingerprint density at radius 1 is 1.21 bits per heavy atom. The van der Waals surface area contributed by atoms with Crippen LogP contribution in [0.4, 0.5) is 27.8 Å². The van der Waals surface area contributed by atoms with E-state index in [1.807, 2.05) is 0 Å². The number of hydrogen-bond acceptors (Lipinski definition) is 9. The zero-order valence-electron chi connectivity index (χ0n) is 26.3. The fourth-order valence-corrected chi connectivity index (χ4v) is 6.98. The predicted octanol–water partition coefficient (Wildman–Crippen LogP) is 6.18. The maximum absolute atomic E-state index is 14.6. The minimum atomic E-state index is -4.58. The van der Waals surface area contributed by atoms with E-state index in [1.165, 1.54) is 44.2 Å². The summed E-state index contributed by atoms with van der Waals surface area (Å²) in [6.45, 7) is 3.26. The molecule has 48 heavy (non-hydrogen) atoms. The van der Waals surface area contributed by atoms with Gasteiger partial charge in [-0.2, -0.15) is 23.1 Å². The lowest BCUT2D eigenvalue weighted by Crippen LogP contribution is -2.60. The van der Waals surface area contributed by atoms with E-state index in [9.17, 15) is 31.9 Å². The van der Waals surface area contributed by atoms with Gasteiger partial charge in [-0.25, -0.2) is 18.9 Å². The Hall–Kier alpha value is -4.48. The zero-order valence-corrected chi connectivity index (χ0v) is 26.3. The molecule has 7 rings (SSSR count). The number of anilines is 1. The largest absolute Gasteiger partial charge is 0.508 e. The molecule has 1 aliphatic carbocycles. The van der Waals surface area contributed by atoms with E-state index >= 15 is 0 Å². The molecule has 2 atom stereocenters. The number of nitrogens with zero attached hydrogens (tertiary/aromatic N) is 3.